The van der Waals surface area contributed by atoms with Crippen LogP contribution in [0.25, 0.3) is 0 Å². The van der Waals surface area contributed by atoms with E-state index in [2.05, 4.69) is 5.32 Å². The van der Waals surface area contributed by atoms with Gasteiger partial charge in [0.1, 0.15) is 0 Å². The molecule has 2 aromatic rings. The van der Waals surface area contributed by atoms with Crippen LogP contribution in [0.15, 0.2) is 29.0 Å². The summed E-state index contributed by atoms with van der Waals surface area (Å²) in [6.45, 7) is 0.570. The highest BCUT2D eigenvalue weighted by atomic mass is 35.5. The van der Waals surface area contributed by atoms with Crippen molar-refractivity contribution >= 4 is 45.9 Å². The molecule has 0 fully saturated rings. The van der Waals surface area contributed by atoms with Gasteiger partial charge in [0.2, 0.25) is 0 Å². The van der Waals surface area contributed by atoms with Gasteiger partial charge in [0, 0.05) is 18.7 Å². The second-order valence-corrected chi connectivity index (χ2v) is 5.12. The van der Waals surface area contributed by atoms with Crippen LogP contribution in [0, 0.1) is 10.1 Å². The first kappa shape index (κ1) is 13.1. The molecule has 1 heterocycles. The fourth-order valence-corrected chi connectivity index (χ4v) is 2.70. The molecular formula is C11H8Cl2N2O2S. The Bertz CT molecular complexity index is 549. The van der Waals surface area contributed by atoms with Crippen molar-refractivity contribution in [3.05, 3.63) is 54.7 Å². The molecule has 1 N–H and O–H groups in total. The van der Waals surface area contributed by atoms with E-state index in [0.29, 0.717) is 12.2 Å². The second kappa shape index (κ2) is 5.56. The molecule has 18 heavy (non-hydrogen) atoms. The minimum atomic E-state index is -0.527. The number of nitrogens with zero attached hydrogens (tertiary/aromatic N) is 1. The molecule has 0 amide bonds. The van der Waals surface area contributed by atoms with E-state index < -0.39 is 4.92 Å². The molecule has 0 aliphatic rings. The molecule has 7 heteroatoms. The molecule has 0 unspecified atom stereocenters. The molecule has 2 rings (SSSR count). The average Bonchev–Trinajstić information content (AvgIpc) is 2.80. The number of nitro groups is 1. The van der Waals surface area contributed by atoms with Gasteiger partial charge in [-0.05, 0) is 22.4 Å². The summed E-state index contributed by atoms with van der Waals surface area (Å²) in [5.41, 5.74) is 1.49. The van der Waals surface area contributed by atoms with Crippen molar-refractivity contribution in [1.82, 2.24) is 0 Å². The fraction of sp³-hybridized carbons (Fsp3) is 0.0909. The second-order valence-electron chi connectivity index (χ2n) is 3.53. The van der Waals surface area contributed by atoms with Gasteiger partial charge in [0.05, 0.1) is 20.7 Å². The summed E-state index contributed by atoms with van der Waals surface area (Å²) in [5, 5.41) is 18.1. The van der Waals surface area contributed by atoms with Crippen molar-refractivity contribution in [1.29, 1.82) is 0 Å². The minimum Gasteiger partial charge on any atom is -0.379 e. The zero-order valence-electron chi connectivity index (χ0n) is 9.02. The van der Waals surface area contributed by atoms with Crippen molar-refractivity contribution in [2.75, 3.05) is 5.32 Å². The topological polar surface area (TPSA) is 55.2 Å². The Balaban J connectivity index is 2.20. The maximum absolute atomic E-state index is 10.6. The lowest BCUT2D eigenvalue weighted by Crippen LogP contribution is -2.00. The molecule has 0 saturated heterocycles. The molecular weight excluding hydrogens is 295 g/mol. The molecule has 0 atom stereocenters. The van der Waals surface area contributed by atoms with Crippen LogP contribution in [0.4, 0.5) is 11.4 Å². The minimum absolute atomic E-state index is 0.119. The quantitative estimate of drug-likeness (QED) is 0.664. The van der Waals surface area contributed by atoms with Crippen LogP contribution < -0.4 is 5.32 Å². The summed E-state index contributed by atoms with van der Waals surface area (Å²) in [7, 11) is 0. The number of nitrogens with one attached hydrogen (secondary N) is 1. The van der Waals surface area contributed by atoms with Gasteiger partial charge < -0.3 is 5.32 Å². The molecule has 0 spiro atoms. The molecule has 0 aliphatic carbocycles. The van der Waals surface area contributed by atoms with Gasteiger partial charge in [-0.2, -0.15) is 11.3 Å². The van der Waals surface area contributed by atoms with Gasteiger partial charge in [-0.1, -0.05) is 23.2 Å². The number of hydrogen-bond donors (Lipinski definition) is 1. The maximum Gasteiger partial charge on any atom is 0.272 e. The monoisotopic (exact) mass is 302 g/mol. The molecule has 1 aromatic carbocycles. The van der Waals surface area contributed by atoms with E-state index in [1.807, 2.05) is 16.8 Å². The predicted molar refractivity (Wildman–Crippen MR) is 74.8 cm³/mol. The zero-order valence-corrected chi connectivity index (χ0v) is 11.4. The Kier molecular flexibility index (Phi) is 4.06. The van der Waals surface area contributed by atoms with Crippen molar-refractivity contribution in [2.24, 2.45) is 0 Å². The highest BCUT2D eigenvalue weighted by molar-refractivity contribution is 7.07. The summed E-state index contributed by atoms with van der Waals surface area (Å²) in [6, 6.07) is 4.54. The third-order valence-corrected chi connectivity index (χ3v) is 3.62. The van der Waals surface area contributed by atoms with Crippen LogP contribution in [0.1, 0.15) is 5.56 Å². The Morgan fingerprint density at radius 2 is 2.00 bits per heavy atom. The molecule has 0 aliphatic heterocycles. The summed E-state index contributed by atoms with van der Waals surface area (Å²) in [5.74, 6) is 0. The Morgan fingerprint density at radius 1 is 1.33 bits per heavy atom. The lowest BCUT2D eigenvalue weighted by atomic mass is 10.2. The van der Waals surface area contributed by atoms with Crippen LogP contribution in [0.3, 0.4) is 0 Å². The number of nitro benzene ring substituents is 1. The predicted octanol–water partition coefficient (Wildman–Crippen LogP) is 4.58. The fourth-order valence-electron chi connectivity index (χ4n) is 1.42. The average molecular weight is 303 g/mol. The van der Waals surface area contributed by atoms with Gasteiger partial charge >= 0.3 is 0 Å². The van der Waals surface area contributed by atoms with Crippen molar-refractivity contribution < 1.29 is 4.92 Å². The maximum atomic E-state index is 10.6. The highest BCUT2D eigenvalue weighted by Crippen LogP contribution is 2.34. The molecule has 1 aromatic heterocycles. The summed E-state index contributed by atoms with van der Waals surface area (Å²) in [6.07, 6.45) is 0. The number of halogens is 2. The standard InChI is InChI=1S/C11H8Cl2N2O2S/c12-9-3-8(15(16)17)4-10(13)11(9)14-5-7-1-2-18-6-7/h1-4,6,14H,5H2. The molecule has 0 saturated carbocycles. The number of non-ortho nitro benzene ring substituents is 1. The molecule has 0 bridgehead atoms. The van der Waals surface area contributed by atoms with E-state index in [-0.39, 0.29) is 15.7 Å². The number of anilines is 1. The first-order valence-corrected chi connectivity index (χ1v) is 6.66. The van der Waals surface area contributed by atoms with Crippen LogP contribution in [-0.2, 0) is 6.54 Å². The third-order valence-electron chi connectivity index (χ3n) is 2.29. The van der Waals surface area contributed by atoms with Crippen LogP contribution in [0.5, 0.6) is 0 Å². The number of rotatable bonds is 4. The number of thiophene rings is 1. The van der Waals surface area contributed by atoms with Gasteiger partial charge in [0.25, 0.3) is 5.69 Å². The smallest absolute Gasteiger partial charge is 0.272 e. The van der Waals surface area contributed by atoms with E-state index in [0.717, 1.165) is 5.56 Å². The van der Waals surface area contributed by atoms with Gasteiger partial charge in [-0.15, -0.1) is 0 Å². The first-order valence-electron chi connectivity index (χ1n) is 4.96. The summed E-state index contributed by atoms with van der Waals surface area (Å²) >= 11 is 13.5. The summed E-state index contributed by atoms with van der Waals surface area (Å²) in [4.78, 5) is 10.1. The Hall–Kier alpha value is -1.30. The Labute approximate surface area is 117 Å². The lowest BCUT2D eigenvalue weighted by Gasteiger charge is -2.09. The van der Waals surface area contributed by atoms with E-state index in [1.54, 1.807) is 11.3 Å². The number of benzene rings is 1. The normalized spacial score (nSPS) is 10.3. The lowest BCUT2D eigenvalue weighted by molar-refractivity contribution is -0.384. The van der Waals surface area contributed by atoms with Crippen molar-refractivity contribution in [3.63, 3.8) is 0 Å². The van der Waals surface area contributed by atoms with E-state index >= 15 is 0 Å². The summed E-state index contributed by atoms with van der Waals surface area (Å²) < 4.78 is 0. The third kappa shape index (κ3) is 2.93. The van der Waals surface area contributed by atoms with Crippen molar-refractivity contribution in [2.45, 2.75) is 6.54 Å². The van der Waals surface area contributed by atoms with Gasteiger partial charge in [-0.25, -0.2) is 0 Å². The van der Waals surface area contributed by atoms with E-state index in [1.165, 1.54) is 12.1 Å². The molecule has 4 nitrogen and oxygen atoms in total. The Morgan fingerprint density at radius 3 is 2.50 bits per heavy atom. The van der Waals surface area contributed by atoms with Crippen molar-refractivity contribution in [3.8, 4) is 0 Å². The van der Waals surface area contributed by atoms with E-state index in [4.69, 9.17) is 23.2 Å². The van der Waals surface area contributed by atoms with Crippen LogP contribution in [-0.4, -0.2) is 4.92 Å². The van der Waals surface area contributed by atoms with Gasteiger partial charge in [-0.3, -0.25) is 10.1 Å². The molecule has 0 radical (unpaired) electrons. The highest BCUT2D eigenvalue weighted by Gasteiger charge is 2.14. The van der Waals surface area contributed by atoms with Crippen LogP contribution in [0.2, 0.25) is 10.0 Å². The first-order chi connectivity index (χ1) is 8.58. The largest absolute Gasteiger partial charge is 0.379 e. The van der Waals surface area contributed by atoms with Gasteiger partial charge in [0.15, 0.2) is 0 Å². The SMILES string of the molecule is O=[N+]([O-])c1cc(Cl)c(NCc2ccsc2)c(Cl)c1. The molecule has 94 valence electrons. The zero-order chi connectivity index (χ0) is 13.1. The number of hydrogen-bond acceptors (Lipinski definition) is 4. The van der Waals surface area contributed by atoms with Crippen LogP contribution >= 0.6 is 34.5 Å². The van der Waals surface area contributed by atoms with E-state index in [9.17, 15) is 10.1 Å².